The molecule has 0 saturated heterocycles. The highest BCUT2D eigenvalue weighted by Gasteiger charge is 2.16. The summed E-state index contributed by atoms with van der Waals surface area (Å²) in [5, 5.41) is 0. The summed E-state index contributed by atoms with van der Waals surface area (Å²) in [7, 11) is -1.57. The molecule has 0 bridgehead atoms. The fourth-order valence-corrected chi connectivity index (χ4v) is 3.93. The van der Waals surface area contributed by atoms with Crippen LogP contribution < -0.4 is 14.2 Å². The molecule has 0 aliphatic rings. The average Bonchev–Trinajstić information content (AvgIpc) is 2.85. The number of rotatable bonds is 12. The SMILES string of the molecule is CCOc1cc(C(=O)N(C)CCCOc2cccc(S(C)(=O)=O)c2)ccc1OCc1ccncc1. The van der Waals surface area contributed by atoms with E-state index in [0.29, 0.717) is 55.6 Å². The van der Waals surface area contributed by atoms with E-state index in [1.807, 2.05) is 19.1 Å². The number of amides is 1. The van der Waals surface area contributed by atoms with E-state index in [1.165, 1.54) is 12.1 Å². The molecule has 0 fully saturated rings. The summed E-state index contributed by atoms with van der Waals surface area (Å²) in [4.78, 5) is 18.7. The molecule has 0 radical (unpaired) electrons. The Morgan fingerprint density at radius 1 is 0.971 bits per heavy atom. The lowest BCUT2D eigenvalue weighted by Gasteiger charge is -2.19. The minimum Gasteiger partial charge on any atom is -0.493 e. The van der Waals surface area contributed by atoms with Crippen LogP contribution in [0, 0.1) is 0 Å². The molecule has 0 N–H and O–H groups in total. The van der Waals surface area contributed by atoms with Crippen LogP contribution in [0.2, 0.25) is 0 Å². The maximum Gasteiger partial charge on any atom is 0.253 e. The van der Waals surface area contributed by atoms with E-state index in [0.717, 1.165) is 11.8 Å². The Labute approximate surface area is 206 Å². The molecule has 2 aromatic carbocycles. The van der Waals surface area contributed by atoms with E-state index in [2.05, 4.69) is 4.98 Å². The Kier molecular flexibility index (Phi) is 9.08. The van der Waals surface area contributed by atoms with Crippen LogP contribution in [0.5, 0.6) is 17.2 Å². The van der Waals surface area contributed by atoms with Crippen LogP contribution in [0.4, 0.5) is 0 Å². The summed E-state index contributed by atoms with van der Waals surface area (Å²) in [5.41, 5.74) is 1.47. The lowest BCUT2D eigenvalue weighted by atomic mass is 10.1. The number of sulfone groups is 1. The van der Waals surface area contributed by atoms with E-state index < -0.39 is 9.84 Å². The molecule has 3 rings (SSSR count). The van der Waals surface area contributed by atoms with Crippen LogP contribution in [0.15, 0.2) is 71.9 Å². The normalized spacial score (nSPS) is 11.1. The predicted octanol–water partition coefficient (Wildman–Crippen LogP) is 4.00. The van der Waals surface area contributed by atoms with Gasteiger partial charge in [0, 0.05) is 37.8 Å². The first-order valence-corrected chi connectivity index (χ1v) is 13.1. The van der Waals surface area contributed by atoms with E-state index in [1.54, 1.807) is 54.7 Å². The van der Waals surface area contributed by atoms with Gasteiger partial charge in [-0.05, 0) is 67.4 Å². The lowest BCUT2D eigenvalue weighted by molar-refractivity contribution is 0.0787. The summed E-state index contributed by atoms with van der Waals surface area (Å²) in [6.45, 7) is 3.49. The van der Waals surface area contributed by atoms with Crippen LogP contribution in [-0.2, 0) is 16.4 Å². The number of carbonyl (C=O) groups excluding carboxylic acids is 1. The molecule has 0 aliphatic carbocycles. The number of carbonyl (C=O) groups is 1. The molecule has 3 aromatic rings. The van der Waals surface area contributed by atoms with Crippen molar-refractivity contribution in [2.24, 2.45) is 0 Å². The molecule has 0 spiro atoms. The van der Waals surface area contributed by atoms with Gasteiger partial charge in [0.15, 0.2) is 21.3 Å². The van der Waals surface area contributed by atoms with Crippen LogP contribution >= 0.6 is 0 Å². The second kappa shape index (κ2) is 12.2. The number of ether oxygens (including phenoxy) is 3. The highest BCUT2D eigenvalue weighted by molar-refractivity contribution is 7.90. The molecule has 0 unspecified atom stereocenters. The van der Waals surface area contributed by atoms with Crippen LogP contribution in [0.3, 0.4) is 0 Å². The van der Waals surface area contributed by atoms with Gasteiger partial charge in [0.2, 0.25) is 0 Å². The van der Waals surface area contributed by atoms with Gasteiger partial charge < -0.3 is 19.1 Å². The molecule has 35 heavy (non-hydrogen) atoms. The number of hydrogen-bond acceptors (Lipinski definition) is 7. The van der Waals surface area contributed by atoms with Gasteiger partial charge >= 0.3 is 0 Å². The molecule has 8 nitrogen and oxygen atoms in total. The maximum atomic E-state index is 12.9. The Morgan fingerprint density at radius 2 is 1.74 bits per heavy atom. The molecule has 1 heterocycles. The van der Waals surface area contributed by atoms with Crippen molar-refractivity contribution in [3.63, 3.8) is 0 Å². The average molecular weight is 499 g/mol. The predicted molar refractivity (Wildman–Crippen MR) is 133 cm³/mol. The fraction of sp³-hybridized carbons (Fsp3) is 0.308. The molecule has 1 aromatic heterocycles. The van der Waals surface area contributed by atoms with Gasteiger partial charge in [-0.1, -0.05) is 6.07 Å². The number of aromatic nitrogens is 1. The Bertz CT molecular complexity index is 1230. The molecule has 0 saturated carbocycles. The van der Waals surface area contributed by atoms with Crippen molar-refractivity contribution in [2.75, 3.05) is 33.1 Å². The first-order valence-electron chi connectivity index (χ1n) is 11.2. The third-order valence-electron chi connectivity index (χ3n) is 5.12. The Balaban J connectivity index is 1.55. The van der Waals surface area contributed by atoms with Gasteiger partial charge in [-0.3, -0.25) is 9.78 Å². The first kappa shape index (κ1) is 26.0. The summed E-state index contributed by atoms with van der Waals surface area (Å²) in [5.74, 6) is 1.40. The molecule has 186 valence electrons. The second-order valence-corrected chi connectivity index (χ2v) is 9.93. The van der Waals surface area contributed by atoms with E-state index >= 15 is 0 Å². The lowest BCUT2D eigenvalue weighted by Crippen LogP contribution is -2.28. The van der Waals surface area contributed by atoms with E-state index in [4.69, 9.17) is 14.2 Å². The zero-order valence-electron chi connectivity index (χ0n) is 20.1. The van der Waals surface area contributed by atoms with E-state index in [-0.39, 0.29) is 10.8 Å². The van der Waals surface area contributed by atoms with Gasteiger partial charge in [-0.2, -0.15) is 0 Å². The molecule has 0 aliphatic heterocycles. The smallest absolute Gasteiger partial charge is 0.253 e. The van der Waals surface area contributed by atoms with Crippen LogP contribution in [-0.4, -0.2) is 57.3 Å². The number of hydrogen-bond donors (Lipinski definition) is 0. The summed E-state index contributed by atoms with van der Waals surface area (Å²) < 4.78 is 40.6. The summed E-state index contributed by atoms with van der Waals surface area (Å²) in [6, 6.07) is 15.3. The van der Waals surface area contributed by atoms with Crippen molar-refractivity contribution in [3.8, 4) is 17.2 Å². The van der Waals surface area contributed by atoms with Crippen molar-refractivity contribution in [1.29, 1.82) is 0 Å². The first-order chi connectivity index (χ1) is 16.8. The van der Waals surface area contributed by atoms with Crippen LogP contribution in [0.1, 0.15) is 29.3 Å². The van der Waals surface area contributed by atoms with Gasteiger partial charge in [-0.15, -0.1) is 0 Å². The van der Waals surface area contributed by atoms with Crippen molar-refractivity contribution >= 4 is 15.7 Å². The maximum absolute atomic E-state index is 12.9. The van der Waals surface area contributed by atoms with Crippen molar-refractivity contribution in [1.82, 2.24) is 9.88 Å². The molecule has 9 heteroatoms. The van der Waals surface area contributed by atoms with Crippen molar-refractivity contribution in [2.45, 2.75) is 24.8 Å². The standard InChI is InChI=1S/C26H30N2O6S/c1-4-32-25-17-21(9-10-24(25)34-19-20-11-13-27-14-12-20)26(29)28(2)15-6-16-33-22-7-5-8-23(18-22)35(3,30)31/h5,7-14,17-18H,4,6,15-16,19H2,1-3H3. The number of nitrogens with zero attached hydrogens (tertiary/aromatic N) is 2. The highest BCUT2D eigenvalue weighted by atomic mass is 32.2. The zero-order chi connectivity index (χ0) is 25.3. The monoisotopic (exact) mass is 498 g/mol. The van der Waals surface area contributed by atoms with Gasteiger partial charge in [0.1, 0.15) is 12.4 Å². The molecule has 0 atom stereocenters. The summed E-state index contributed by atoms with van der Waals surface area (Å²) in [6.07, 6.45) is 5.15. The largest absolute Gasteiger partial charge is 0.493 e. The topological polar surface area (TPSA) is 95.0 Å². The third-order valence-corrected chi connectivity index (χ3v) is 6.23. The van der Waals surface area contributed by atoms with Gasteiger partial charge in [-0.25, -0.2) is 8.42 Å². The van der Waals surface area contributed by atoms with Crippen molar-refractivity contribution in [3.05, 3.63) is 78.1 Å². The fourth-order valence-electron chi connectivity index (χ4n) is 3.28. The number of benzene rings is 2. The zero-order valence-corrected chi connectivity index (χ0v) is 21.0. The van der Waals surface area contributed by atoms with E-state index in [9.17, 15) is 13.2 Å². The molecular formula is C26H30N2O6S. The third kappa shape index (κ3) is 7.71. The minimum absolute atomic E-state index is 0.147. The molecular weight excluding hydrogens is 468 g/mol. The number of pyridine rings is 1. The minimum atomic E-state index is -3.29. The Hall–Kier alpha value is -3.59. The Morgan fingerprint density at radius 3 is 2.46 bits per heavy atom. The van der Waals surface area contributed by atoms with Crippen LogP contribution in [0.25, 0.3) is 0 Å². The van der Waals surface area contributed by atoms with Gasteiger partial charge in [0.25, 0.3) is 5.91 Å². The second-order valence-electron chi connectivity index (χ2n) is 7.91. The van der Waals surface area contributed by atoms with Gasteiger partial charge in [0.05, 0.1) is 18.1 Å². The highest BCUT2D eigenvalue weighted by Crippen LogP contribution is 2.30. The summed E-state index contributed by atoms with van der Waals surface area (Å²) >= 11 is 0. The quantitative estimate of drug-likeness (QED) is 0.348. The van der Waals surface area contributed by atoms with Crippen molar-refractivity contribution < 1.29 is 27.4 Å². The molecule has 1 amide bonds.